The van der Waals surface area contributed by atoms with Gasteiger partial charge in [-0.05, 0) is 36.4 Å². The van der Waals surface area contributed by atoms with Gasteiger partial charge >= 0.3 is 0 Å². The van der Waals surface area contributed by atoms with Crippen LogP contribution < -0.4 is 10.1 Å². The van der Waals surface area contributed by atoms with Gasteiger partial charge in [0.1, 0.15) is 18.2 Å². The Morgan fingerprint density at radius 2 is 1.62 bits per heavy atom. The highest BCUT2D eigenvalue weighted by molar-refractivity contribution is 7.91. The van der Waals surface area contributed by atoms with Crippen LogP contribution in [0.2, 0.25) is 0 Å². The average molecular weight is 470 g/mol. The van der Waals surface area contributed by atoms with Gasteiger partial charge in [-0.2, -0.15) is 0 Å². The van der Waals surface area contributed by atoms with Crippen LogP contribution in [0.5, 0.6) is 5.75 Å². The summed E-state index contributed by atoms with van der Waals surface area (Å²) in [6.45, 7) is -0.0538. The molecule has 0 saturated heterocycles. The first kappa shape index (κ1) is 22.0. The summed E-state index contributed by atoms with van der Waals surface area (Å²) in [5.74, 6) is -0.530. The van der Waals surface area contributed by atoms with Crippen LogP contribution in [0.15, 0.2) is 83.8 Å². The first-order chi connectivity index (χ1) is 15.5. The first-order valence-corrected chi connectivity index (χ1v) is 12.4. The number of halogens is 1. The lowest BCUT2D eigenvalue weighted by molar-refractivity contribution is 0.0958. The highest BCUT2D eigenvalue weighted by Crippen LogP contribution is 2.34. The lowest BCUT2D eigenvalue weighted by Gasteiger charge is -2.09. The normalized spacial score (nSPS) is 11.4. The maximum absolute atomic E-state index is 14.6. The Labute approximate surface area is 189 Å². The predicted molar refractivity (Wildman–Crippen MR) is 123 cm³/mol. The number of benzene rings is 3. The summed E-state index contributed by atoms with van der Waals surface area (Å²) in [6, 6.07) is 21.8. The minimum absolute atomic E-state index is 0.00993. The molecule has 1 amide bonds. The van der Waals surface area contributed by atoms with Gasteiger partial charge in [-0.3, -0.25) is 4.79 Å². The summed E-state index contributed by atoms with van der Waals surface area (Å²) in [7, 11) is -3.52. The van der Waals surface area contributed by atoms with Crippen molar-refractivity contribution in [3.05, 3.63) is 95.1 Å². The number of hydrogen-bond donors (Lipinski definition) is 1. The van der Waals surface area contributed by atoms with E-state index in [-0.39, 0.29) is 23.8 Å². The maximum Gasteiger partial charge on any atom is 0.261 e. The quantitative estimate of drug-likeness (QED) is 0.402. The van der Waals surface area contributed by atoms with E-state index in [0.29, 0.717) is 26.3 Å². The molecule has 3 aromatic carbocycles. The largest absolute Gasteiger partial charge is 0.489 e. The molecule has 0 spiro atoms. The van der Waals surface area contributed by atoms with Crippen LogP contribution in [-0.2, 0) is 16.4 Å². The number of para-hydroxylation sites is 1. The van der Waals surface area contributed by atoms with Gasteiger partial charge in [-0.1, -0.05) is 42.5 Å². The molecule has 0 atom stereocenters. The second-order valence-electron chi connectivity index (χ2n) is 7.01. The molecular formula is C24H20FNO4S2. The fourth-order valence-corrected chi connectivity index (χ4v) is 5.60. The van der Waals surface area contributed by atoms with Gasteiger partial charge in [0.15, 0.2) is 9.84 Å². The lowest BCUT2D eigenvalue weighted by atomic mass is 10.1. The zero-order valence-electron chi connectivity index (χ0n) is 17.0. The van der Waals surface area contributed by atoms with Crippen molar-refractivity contribution in [2.45, 2.75) is 11.5 Å². The molecule has 0 saturated carbocycles. The molecule has 0 radical (unpaired) electrons. The molecule has 4 aromatic rings. The van der Waals surface area contributed by atoms with E-state index in [1.807, 2.05) is 18.2 Å². The Morgan fingerprint density at radius 3 is 2.34 bits per heavy atom. The number of carbonyl (C=O) groups excluding carboxylic acids is 1. The SMILES string of the molecule is O=C(NCCS(=O)(=O)c1ccccc1)c1sc2cccc(F)c2c1COc1ccccc1. The fraction of sp³-hybridized carbons (Fsp3) is 0.125. The highest BCUT2D eigenvalue weighted by atomic mass is 32.2. The van der Waals surface area contributed by atoms with Crippen LogP contribution in [0.25, 0.3) is 10.1 Å². The number of sulfone groups is 1. The molecule has 0 unspecified atom stereocenters. The molecular weight excluding hydrogens is 449 g/mol. The lowest BCUT2D eigenvalue weighted by Crippen LogP contribution is -2.29. The van der Waals surface area contributed by atoms with Crippen molar-refractivity contribution >= 4 is 37.2 Å². The van der Waals surface area contributed by atoms with Crippen LogP contribution in [0.3, 0.4) is 0 Å². The molecule has 0 bridgehead atoms. The number of nitrogens with one attached hydrogen (secondary N) is 1. The van der Waals surface area contributed by atoms with Gasteiger partial charge in [0.05, 0.1) is 15.5 Å². The van der Waals surface area contributed by atoms with Crippen molar-refractivity contribution in [1.29, 1.82) is 0 Å². The number of amides is 1. The second-order valence-corrected chi connectivity index (χ2v) is 10.2. The van der Waals surface area contributed by atoms with Crippen molar-refractivity contribution in [3.63, 3.8) is 0 Å². The van der Waals surface area contributed by atoms with E-state index < -0.39 is 21.6 Å². The average Bonchev–Trinajstić information content (AvgIpc) is 3.19. The van der Waals surface area contributed by atoms with Crippen LogP contribution >= 0.6 is 11.3 Å². The molecule has 164 valence electrons. The topological polar surface area (TPSA) is 72.5 Å². The van der Waals surface area contributed by atoms with Crippen LogP contribution in [0.4, 0.5) is 4.39 Å². The number of hydrogen-bond acceptors (Lipinski definition) is 5. The van der Waals surface area contributed by atoms with Gasteiger partial charge in [0.2, 0.25) is 0 Å². The van der Waals surface area contributed by atoms with Gasteiger partial charge in [-0.15, -0.1) is 11.3 Å². The van der Waals surface area contributed by atoms with E-state index in [1.54, 1.807) is 42.5 Å². The Kier molecular flexibility index (Phi) is 6.53. The second kappa shape index (κ2) is 9.50. The third-order valence-corrected chi connectivity index (χ3v) is 7.78. The number of fused-ring (bicyclic) bond motifs is 1. The number of ether oxygens (including phenoxy) is 1. The molecule has 0 aliphatic rings. The third-order valence-electron chi connectivity index (χ3n) is 4.85. The Bertz CT molecular complexity index is 1340. The Balaban J connectivity index is 1.53. The number of rotatable bonds is 8. The third kappa shape index (κ3) is 4.81. The smallest absolute Gasteiger partial charge is 0.261 e. The predicted octanol–water partition coefficient (Wildman–Crippen LogP) is 4.82. The Hall–Kier alpha value is -3.23. The highest BCUT2D eigenvalue weighted by Gasteiger charge is 2.22. The zero-order chi connectivity index (χ0) is 22.6. The van der Waals surface area contributed by atoms with E-state index >= 15 is 0 Å². The van der Waals surface area contributed by atoms with Crippen molar-refractivity contribution in [2.24, 2.45) is 0 Å². The Morgan fingerprint density at radius 1 is 0.938 bits per heavy atom. The molecule has 1 heterocycles. The van der Waals surface area contributed by atoms with E-state index in [2.05, 4.69) is 5.32 Å². The monoisotopic (exact) mass is 469 g/mol. The fourth-order valence-electron chi connectivity index (χ4n) is 3.29. The minimum atomic E-state index is -3.52. The molecule has 32 heavy (non-hydrogen) atoms. The molecule has 0 aliphatic carbocycles. The van der Waals surface area contributed by atoms with E-state index in [4.69, 9.17) is 4.74 Å². The summed E-state index contributed by atoms with van der Waals surface area (Å²) in [5.41, 5.74) is 0.440. The van der Waals surface area contributed by atoms with Gasteiger partial charge in [-0.25, -0.2) is 12.8 Å². The van der Waals surface area contributed by atoms with E-state index in [0.717, 1.165) is 11.3 Å². The standard InChI is InChI=1S/C24H20FNO4S2/c25-20-12-7-13-21-22(20)19(16-30-17-8-3-1-4-9-17)23(31-21)24(27)26-14-15-32(28,29)18-10-5-2-6-11-18/h1-13H,14-16H2,(H,26,27). The van der Waals surface area contributed by atoms with Crippen molar-refractivity contribution in [2.75, 3.05) is 12.3 Å². The zero-order valence-corrected chi connectivity index (χ0v) is 18.6. The summed E-state index contributed by atoms with van der Waals surface area (Å²) in [5, 5.41) is 3.00. The van der Waals surface area contributed by atoms with E-state index in [1.165, 1.54) is 18.2 Å². The van der Waals surface area contributed by atoms with Crippen LogP contribution in [-0.4, -0.2) is 26.6 Å². The number of thiophene rings is 1. The summed E-state index contributed by atoms with van der Waals surface area (Å²) in [4.78, 5) is 13.4. The number of carbonyl (C=O) groups is 1. The summed E-state index contributed by atoms with van der Waals surface area (Å²) in [6.07, 6.45) is 0. The molecule has 8 heteroatoms. The molecule has 5 nitrogen and oxygen atoms in total. The van der Waals surface area contributed by atoms with Gasteiger partial charge < -0.3 is 10.1 Å². The van der Waals surface area contributed by atoms with Gasteiger partial charge in [0, 0.05) is 22.2 Å². The molecule has 0 fully saturated rings. The van der Waals surface area contributed by atoms with E-state index in [9.17, 15) is 17.6 Å². The van der Waals surface area contributed by atoms with Gasteiger partial charge in [0.25, 0.3) is 5.91 Å². The molecule has 4 rings (SSSR count). The van der Waals surface area contributed by atoms with Crippen molar-refractivity contribution in [3.8, 4) is 5.75 Å². The molecule has 0 aliphatic heterocycles. The van der Waals surface area contributed by atoms with Crippen LogP contribution in [0, 0.1) is 5.82 Å². The summed E-state index contributed by atoms with van der Waals surface area (Å²) < 4.78 is 45.9. The first-order valence-electron chi connectivity index (χ1n) is 9.89. The van der Waals surface area contributed by atoms with Crippen molar-refractivity contribution < 1.29 is 22.3 Å². The van der Waals surface area contributed by atoms with Crippen molar-refractivity contribution in [1.82, 2.24) is 5.32 Å². The van der Waals surface area contributed by atoms with Crippen LogP contribution in [0.1, 0.15) is 15.2 Å². The maximum atomic E-state index is 14.6. The molecule has 1 N–H and O–H groups in total. The summed E-state index contributed by atoms with van der Waals surface area (Å²) >= 11 is 1.15. The minimum Gasteiger partial charge on any atom is -0.489 e. The molecule has 1 aromatic heterocycles.